The van der Waals surface area contributed by atoms with Gasteiger partial charge in [-0.25, -0.2) is 13.2 Å². The molecule has 2 amide bonds. The highest BCUT2D eigenvalue weighted by Crippen LogP contribution is 2.54. The smallest absolute Gasteiger partial charge is 0.351 e. The van der Waals surface area contributed by atoms with E-state index in [-0.39, 0.29) is 18.5 Å². The molecule has 2 heterocycles. The average Bonchev–Trinajstić information content (AvgIpc) is 2.78. The number of fused-ring (bicyclic) bond motifs is 2. The van der Waals surface area contributed by atoms with E-state index >= 15 is 0 Å². The van der Waals surface area contributed by atoms with Crippen molar-refractivity contribution in [3.63, 3.8) is 0 Å². The van der Waals surface area contributed by atoms with Crippen molar-refractivity contribution in [2.24, 2.45) is 5.73 Å². The molecule has 1 unspecified atom stereocenters. The van der Waals surface area contributed by atoms with Crippen LogP contribution in [0.5, 0.6) is 0 Å². The van der Waals surface area contributed by atoms with E-state index < -0.39 is 32.2 Å². The number of sulfone groups is 1. The van der Waals surface area contributed by atoms with Gasteiger partial charge >= 0.3 is 11.5 Å². The lowest BCUT2D eigenvalue weighted by Crippen LogP contribution is -2.59. The minimum Gasteiger partial charge on any atom is -0.351 e. The van der Waals surface area contributed by atoms with Crippen molar-refractivity contribution in [1.29, 1.82) is 0 Å². The fourth-order valence-electron chi connectivity index (χ4n) is 3.80. The number of anilines is 1. The molecule has 1 atom stereocenters. The standard InChI is InChI=1S/C14H16F3N3O3S/c15-14(16,17)24(22,23)11-13(5-7-19-8-6-13)9-3-1-2-4-10(9)20(11)12(18)21/h1-4,11,19H,5-8H2,(H2,18,21). The number of carbonyl (C=O) groups excluding carboxylic acids is 1. The highest BCUT2D eigenvalue weighted by atomic mass is 32.2. The number of hydrogen-bond donors (Lipinski definition) is 2. The maximum absolute atomic E-state index is 13.3. The molecule has 0 aromatic heterocycles. The molecule has 10 heteroatoms. The van der Waals surface area contributed by atoms with E-state index in [1.807, 2.05) is 0 Å². The molecule has 132 valence electrons. The zero-order chi connectivity index (χ0) is 17.8. The van der Waals surface area contributed by atoms with Crippen LogP contribution in [0.4, 0.5) is 23.7 Å². The molecule has 0 saturated carbocycles. The summed E-state index contributed by atoms with van der Waals surface area (Å²) in [4.78, 5) is 12.5. The third-order valence-corrected chi connectivity index (χ3v) is 6.65. The molecule has 1 spiro atoms. The lowest BCUT2D eigenvalue weighted by atomic mass is 9.74. The molecular formula is C14H16F3N3O3S. The van der Waals surface area contributed by atoms with E-state index in [0.29, 0.717) is 23.6 Å². The van der Waals surface area contributed by atoms with Crippen LogP contribution in [0.15, 0.2) is 24.3 Å². The van der Waals surface area contributed by atoms with Crippen LogP contribution in [-0.4, -0.2) is 38.4 Å². The van der Waals surface area contributed by atoms with Crippen LogP contribution < -0.4 is 16.0 Å². The van der Waals surface area contributed by atoms with Gasteiger partial charge in [0.25, 0.3) is 9.84 Å². The predicted octanol–water partition coefficient (Wildman–Crippen LogP) is 1.47. The highest BCUT2D eigenvalue weighted by molar-refractivity contribution is 7.93. The number of nitrogens with one attached hydrogen (secondary N) is 1. The second-order valence-electron chi connectivity index (χ2n) is 5.97. The Balaban J connectivity index is 2.30. The number of rotatable bonds is 1. The first kappa shape index (κ1) is 17.0. The topological polar surface area (TPSA) is 92.5 Å². The van der Waals surface area contributed by atoms with Crippen molar-refractivity contribution < 1.29 is 26.4 Å². The summed E-state index contributed by atoms with van der Waals surface area (Å²) in [6, 6.07) is 4.94. The van der Waals surface area contributed by atoms with Crippen molar-refractivity contribution in [3.8, 4) is 0 Å². The second-order valence-corrected chi connectivity index (χ2v) is 7.97. The molecule has 0 aliphatic carbocycles. The molecule has 3 N–H and O–H groups in total. The van der Waals surface area contributed by atoms with E-state index in [9.17, 15) is 26.4 Å². The Kier molecular flexibility index (Phi) is 3.79. The highest BCUT2D eigenvalue weighted by Gasteiger charge is 2.65. The lowest BCUT2D eigenvalue weighted by Gasteiger charge is -2.40. The summed E-state index contributed by atoms with van der Waals surface area (Å²) in [7, 11) is -5.65. The number of nitrogens with two attached hydrogens (primary N) is 1. The van der Waals surface area contributed by atoms with Gasteiger partial charge in [0.1, 0.15) is 0 Å². The summed E-state index contributed by atoms with van der Waals surface area (Å²) in [5, 5.41) is 0.929. The molecule has 24 heavy (non-hydrogen) atoms. The number of para-hydroxylation sites is 1. The lowest BCUT2D eigenvalue weighted by molar-refractivity contribution is -0.0452. The van der Waals surface area contributed by atoms with Gasteiger partial charge in [-0.05, 0) is 37.6 Å². The quantitative estimate of drug-likeness (QED) is 0.790. The van der Waals surface area contributed by atoms with Crippen LogP contribution in [0.25, 0.3) is 0 Å². The summed E-state index contributed by atoms with van der Waals surface area (Å²) in [5.74, 6) is 0. The first-order chi connectivity index (χ1) is 11.1. The molecule has 1 fully saturated rings. The minimum absolute atomic E-state index is 0.129. The fraction of sp³-hybridized carbons (Fsp3) is 0.500. The summed E-state index contributed by atoms with van der Waals surface area (Å²) >= 11 is 0. The molecular weight excluding hydrogens is 347 g/mol. The number of hydrogen-bond acceptors (Lipinski definition) is 4. The van der Waals surface area contributed by atoms with Crippen molar-refractivity contribution in [2.75, 3.05) is 18.0 Å². The Morgan fingerprint density at radius 2 is 1.83 bits per heavy atom. The Morgan fingerprint density at radius 3 is 2.38 bits per heavy atom. The maximum atomic E-state index is 13.3. The summed E-state index contributed by atoms with van der Waals surface area (Å²) in [5.41, 5.74) is -0.988. The van der Waals surface area contributed by atoms with Crippen LogP contribution in [0, 0.1) is 0 Å². The van der Waals surface area contributed by atoms with Crippen molar-refractivity contribution in [3.05, 3.63) is 29.8 Å². The monoisotopic (exact) mass is 363 g/mol. The Hall–Kier alpha value is -1.81. The molecule has 1 aromatic carbocycles. The summed E-state index contributed by atoms with van der Waals surface area (Å²) in [6.45, 7) is 0.704. The molecule has 2 aliphatic rings. The third-order valence-electron chi connectivity index (χ3n) is 4.76. The van der Waals surface area contributed by atoms with Gasteiger partial charge in [0.2, 0.25) is 0 Å². The van der Waals surface area contributed by atoms with E-state index in [1.165, 1.54) is 12.1 Å². The van der Waals surface area contributed by atoms with E-state index in [4.69, 9.17) is 5.73 Å². The normalized spacial score (nSPS) is 23.3. The largest absolute Gasteiger partial charge is 0.499 e. The van der Waals surface area contributed by atoms with Gasteiger partial charge in [0.05, 0.1) is 5.69 Å². The van der Waals surface area contributed by atoms with Crippen LogP contribution in [-0.2, 0) is 15.3 Å². The number of primary amides is 1. The number of urea groups is 1. The van der Waals surface area contributed by atoms with Gasteiger partial charge in [-0.3, -0.25) is 4.90 Å². The van der Waals surface area contributed by atoms with E-state index in [1.54, 1.807) is 12.1 Å². The predicted molar refractivity (Wildman–Crippen MR) is 81.0 cm³/mol. The van der Waals surface area contributed by atoms with Crippen molar-refractivity contribution in [1.82, 2.24) is 5.32 Å². The first-order valence-corrected chi connectivity index (χ1v) is 8.86. The van der Waals surface area contributed by atoms with Crippen molar-refractivity contribution >= 4 is 21.6 Å². The van der Waals surface area contributed by atoms with Gasteiger partial charge in [-0.15, -0.1) is 0 Å². The van der Waals surface area contributed by atoms with Gasteiger partial charge < -0.3 is 11.1 Å². The van der Waals surface area contributed by atoms with E-state index in [0.717, 1.165) is 0 Å². The zero-order valence-corrected chi connectivity index (χ0v) is 13.3. The molecule has 0 bridgehead atoms. The number of piperidine rings is 1. The second kappa shape index (κ2) is 5.35. The van der Waals surface area contributed by atoms with Crippen molar-refractivity contribution in [2.45, 2.75) is 29.1 Å². The average molecular weight is 363 g/mol. The molecule has 0 radical (unpaired) electrons. The number of nitrogens with zero attached hydrogens (tertiary/aromatic N) is 1. The van der Waals surface area contributed by atoms with Gasteiger partial charge in [-0.1, -0.05) is 18.2 Å². The van der Waals surface area contributed by atoms with Crippen LogP contribution >= 0.6 is 0 Å². The molecule has 1 saturated heterocycles. The van der Waals surface area contributed by atoms with Crippen LogP contribution in [0.2, 0.25) is 0 Å². The number of benzene rings is 1. The van der Waals surface area contributed by atoms with Crippen LogP contribution in [0.1, 0.15) is 18.4 Å². The van der Waals surface area contributed by atoms with E-state index in [2.05, 4.69) is 5.32 Å². The first-order valence-electron chi connectivity index (χ1n) is 7.32. The Bertz CT molecular complexity index is 773. The maximum Gasteiger partial charge on any atom is 0.499 e. The third kappa shape index (κ3) is 2.20. The summed E-state index contributed by atoms with van der Waals surface area (Å²) in [6.07, 6.45) is 0.321. The Morgan fingerprint density at radius 1 is 1.25 bits per heavy atom. The number of halogens is 3. The number of amides is 2. The molecule has 3 rings (SSSR count). The molecule has 6 nitrogen and oxygen atoms in total. The van der Waals surface area contributed by atoms with Gasteiger partial charge in [0, 0.05) is 5.41 Å². The number of alkyl halides is 3. The Labute approximate surface area is 136 Å². The fourth-order valence-corrected chi connectivity index (χ4v) is 5.50. The minimum atomic E-state index is -5.65. The molecule has 1 aromatic rings. The zero-order valence-electron chi connectivity index (χ0n) is 12.5. The molecule has 2 aliphatic heterocycles. The van der Waals surface area contributed by atoms with Gasteiger partial charge in [-0.2, -0.15) is 13.2 Å². The summed E-state index contributed by atoms with van der Waals surface area (Å²) < 4.78 is 64.5. The van der Waals surface area contributed by atoms with Crippen LogP contribution in [0.3, 0.4) is 0 Å². The SMILES string of the molecule is NC(=O)N1c2ccccc2C2(CCNCC2)C1S(=O)(=O)C(F)(F)F. The number of carbonyl (C=O) groups is 1. The van der Waals surface area contributed by atoms with Gasteiger partial charge in [0.15, 0.2) is 5.37 Å².